The minimum Gasteiger partial charge on any atom is -0.422 e. The number of hydrogen-bond acceptors (Lipinski definition) is 5. The third kappa shape index (κ3) is 5.33. The number of nitrogens with one attached hydrogen (secondary N) is 1. The topological polar surface area (TPSA) is 101 Å². The van der Waals surface area contributed by atoms with Gasteiger partial charge in [0.15, 0.2) is 0 Å². The lowest BCUT2D eigenvalue weighted by molar-refractivity contribution is -0.137. The molecule has 5 aromatic rings. The summed E-state index contributed by atoms with van der Waals surface area (Å²) in [5, 5.41) is 17.2. The van der Waals surface area contributed by atoms with Crippen LogP contribution in [-0.4, -0.2) is 15.7 Å². The van der Waals surface area contributed by atoms with Crippen LogP contribution in [0.15, 0.2) is 106 Å². The van der Waals surface area contributed by atoms with Gasteiger partial charge in [0.1, 0.15) is 22.9 Å². The number of nitrogens with zero attached hydrogens (tertiary/aromatic N) is 3. The Bertz CT molecular complexity index is 1830. The number of nitriles is 1. The van der Waals surface area contributed by atoms with Crippen molar-refractivity contribution >= 4 is 28.6 Å². The van der Waals surface area contributed by atoms with Crippen molar-refractivity contribution < 1.29 is 22.4 Å². The molecule has 0 aliphatic heterocycles. The van der Waals surface area contributed by atoms with Crippen LogP contribution in [0.1, 0.15) is 11.1 Å². The van der Waals surface area contributed by atoms with E-state index in [9.17, 15) is 28.0 Å². The van der Waals surface area contributed by atoms with E-state index in [1.807, 2.05) is 6.07 Å². The molecule has 0 unspecified atom stereocenters. The summed E-state index contributed by atoms with van der Waals surface area (Å²) < 4.78 is 46.2. The van der Waals surface area contributed by atoms with E-state index in [1.165, 1.54) is 23.0 Å². The smallest absolute Gasteiger partial charge is 0.416 e. The van der Waals surface area contributed by atoms with Gasteiger partial charge in [-0.3, -0.25) is 4.79 Å². The summed E-state index contributed by atoms with van der Waals surface area (Å²) in [5.74, 6) is -0.930. The predicted molar refractivity (Wildman–Crippen MR) is 139 cm³/mol. The van der Waals surface area contributed by atoms with Crippen molar-refractivity contribution in [1.82, 2.24) is 9.78 Å². The first kappa shape index (κ1) is 25.2. The van der Waals surface area contributed by atoms with Gasteiger partial charge in [-0.05, 0) is 48.5 Å². The Morgan fingerprint density at radius 1 is 1.00 bits per heavy atom. The first-order valence-electron chi connectivity index (χ1n) is 11.5. The lowest BCUT2D eigenvalue weighted by atomic mass is 10.1. The third-order valence-electron chi connectivity index (χ3n) is 5.77. The Balaban J connectivity index is 1.59. The number of hydrogen-bond donors (Lipinski definition) is 1. The zero-order valence-electron chi connectivity index (χ0n) is 19.9. The number of amides is 1. The van der Waals surface area contributed by atoms with Crippen molar-refractivity contribution in [2.75, 3.05) is 5.32 Å². The quantitative estimate of drug-likeness (QED) is 0.167. The molecule has 0 bridgehead atoms. The molecule has 5 rings (SSSR count). The highest BCUT2D eigenvalue weighted by Crippen LogP contribution is 2.31. The van der Waals surface area contributed by atoms with Crippen molar-refractivity contribution in [3.8, 4) is 23.0 Å². The number of halogens is 3. The number of anilines is 1. The molecule has 0 atom stereocenters. The van der Waals surface area contributed by atoms with Gasteiger partial charge in [-0.1, -0.05) is 42.5 Å². The van der Waals surface area contributed by atoms with Crippen molar-refractivity contribution in [3.63, 3.8) is 0 Å². The Kier molecular flexibility index (Phi) is 6.56. The number of carbonyl (C=O) groups is 1. The largest absolute Gasteiger partial charge is 0.422 e. The number of aromatic nitrogens is 2. The molecule has 2 aromatic heterocycles. The average molecular weight is 526 g/mol. The van der Waals surface area contributed by atoms with Crippen LogP contribution in [0.25, 0.3) is 34.0 Å². The molecule has 1 N–H and O–H groups in total. The second-order valence-electron chi connectivity index (χ2n) is 8.40. The van der Waals surface area contributed by atoms with Crippen molar-refractivity contribution in [2.45, 2.75) is 6.18 Å². The van der Waals surface area contributed by atoms with Crippen LogP contribution < -0.4 is 10.9 Å². The number of rotatable bonds is 5. The van der Waals surface area contributed by atoms with Gasteiger partial charge >= 0.3 is 11.8 Å². The van der Waals surface area contributed by atoms with Gasteiger partial charge in [0, 0.05) is 22.8 Å². The zero-order valence-corrected chi connectivity index (χ0v) is 19.9. The number of fused-ring (bicyclic) bond motifs is 1. The Labute approximate surface area is 219 Å². The second-order valence-corrected chi connectivity index (χ2v) is 8.40. The number of para-hydroxylation sites is 2. The Hall–Kier alpha value is -5.43. The van der Waals surface area contributed by atoms with Crippen LogP contribution in [0.2, 0.25) is 0 Å². The average Bonchev–Trinajstić information content (AvgIpc) is 3.35. The number of carbonyl (C=O) groups excluding carboxylic acids is 1. The van der Waals surface area contributed by atoms with E-state index < -0.39 is 28.8 Å². The minimum absolute atomic E-state index is 0.102. The molecule has 1 amide bonds. The van der Waals surface area contributed by atoms with Gasteiger partial charge in [-0.25, -0.2) is 9.48 Å². The number of benzene rings is 3. The van der Waals surface area contributed by atoms with Crippen LogP contribution in [0, 0.1) is 11.3 Å². The summed E-state index contributed by atoms with van der Waals surface area (Å²) in [6.07, 6.45) is -1.84. The van der Waals surface area contributed by atoms with Gasteiger partial charge in [-0.2, -0.15) is 23.5 Å². The maximum Gasteiger partial charge on any atom is 0.416 e. The van der Waals surface area contributed by atoms with E-state index >= 15 is 0 Å². The predicted octanol–water partition coefficient (Wildman–Crippen LogP) is 6.21. The highest BCUT2D eigenvalue weighted by atomic mass is 19.4. The van der Waals surface area contributed by atoms with Gasteiger partial charge in [0.05, 0.1) is 16.8 Å². The molecule has 0 aliphatic rings. The summed E-state index contributed by atoms with van der Waals surface area (Å²) in [6.45, 7) is 0. The van der Waals surface area contributed by atoms with E-state index in [2.05, 4.69) is 10.4 Å². The summed E-state index contributed by atoms with van der Waals surface area (Å²) in [6, 6.07) is 23.3. The molecule has 0 saturated carbocycles. The minimum atomic E-state index is -4.60. The molecule has 0 aliphatic carbocycles. The monoisotopic (exact) mass is 526 g/mol. The fourth-order valence-electron chi connectivity index (χ4n) is 3.92. The lowest BCUT2D eigenvalue weighted by Crippen LogP contribution is -2.14. The van der Waals surface area contributed by atoms with E-state index in [1.54, 1.807) is 60.7 Å². The molecular weight excluding hydrogens is 509 g/mol. The van der Waals surface area contributed by atoms with Crippen molar-refractivity contribution in [2.24, 2.45) is 0 Å². The van der Waals surface area contributed by atoms with Crippen LogP contribution in [0.3, 0.4) is 0 Å². The van der Waals surface area contributed by atoms with Crippen LogP contribution in [0.5, 0.6) is 0 Å². The van der Waals surface area contributed by atoms with E-state index in [0.717, 1.165) is 18.2 Å². The molecule has 2 heterocycles. The molecule has 0 spiro atoms. The van der Waals surface area contributed by atoms with Gasteiger partial charge in [0.2, 0.25) is 0 Å². The fourth-order valence-corrected chi connectivity index (χ4v) is 3.92. The van der Waals surface area contributed by atoms with Crippen LogP contribution >= 0.6 is 0 Å². The molecule has 10 heteroatoms. The van der Waals surface area contributed by atoms with E-state index in [4.69, 9.17) is 4.42 Å². The first-order chi connectivity index (χ1) is 18.7. The molecule has 39 heavy (non-hydrogen) atoms. The summed E-state index contributed by atoms with van der Waals surface area (Å²) in [5.41, 5.74) is -0.636. The molecule has 0 radical (unpaired) electrons. The SMILES string of the molecule is N#CC(=Cc1cn(-c2ccccc2)nc1-c1cc2ccccc2oc1=O)C(=O)Nc1cccc(C(F)(F)F)c1. The summed E-state index contributed by atoms with van der Waals surface area (Å²) in [7, 11) is 0. The molecular formula is C29H17F3N4O3. The van der Waals surface area contributed by atoms with E-state index in [-0.39, 0.29) is 22.5 Å². The molecule has 192 valence electrons. The van der Waals surface area contributed by atoms with E-state index in [0.29, 0.717) is 16.7 Å². The lowest BCUT2D eigenvalue weighted by Gasteiger charge is -2.09. The van der Waals surface area contributed by atoms with Crippen LogP contribution in [-0.2, 0) is 11.0 Å². The van der Waals surface area contributed by atoms with Crippen molar-refractivity contribution in [3.05, 3.63) is 118 Å². The molecule has 0 saturated heterocycles. The van der Waals surface area contributed by atoms with Crippen LogP contribution in [0.4, 0.5) is 18.9 Å². The Morgan fingerprint density at radius 2 is 1.74 bits per heavy atom. The standard InChI is InChI=1S/C29H17F3N4O3/c30-29(31,32)21-8-6-9-22(15-21)34-27(37)19(16-33)13-20-17-36(23-10-2-1-3-11-23)35-26(20)24-14-18-7-4-5-12-25(18)39-28(24)38/h1-15,17H,(H,34,37). The molecule has 3 aromatic carbocycles. The normalized spacial score (nSPS) is 11.8. The molecule has 0 fully saturated rings. The zero-order chi connectivity index (χ0) is 27.6. The second kappa shape index (κ2) is 10.1. The van der Waals surface area contributed by atoms with Crippen molar-refractivity contribution in [1.29, 1.82) is 5.26 Å². The first-order valence-corrected chi connectivity index (χ1v) is 11.5. The maximum absolute atomic E-state index is 13.1. The fraction of sp³-hybridized carbons (Fsp3) is 0.0345. The number of alkyl halides is 3. The van der Waals surface area contributed by atoms with Gasteiger partial charge in [0.25, 0.3) is 5.91 Å². The highest BCUT2D eigenvalue weighted by Gasteiger charge is 2.30. The third-order valence-corrected chi connectivity index (χ3v) is 5.77. The molecule has 7 nitrogen and oxygen atoms in total. The Morgan fingerprint density at radius 3 is 2.49 bits per heavy atom. The van der Waals surface area contributed by atoms with Gasteiger partial charge in [-0.15, -0.1) is 0 Å². The maximum atomic E-state index is 13.1. The summed E-state index contributed by atoms with van der Waals surface area (Å²) >= 11 is 0. The van der Waals surface area contributed by atoms with Gasteiger partial charge < -0.3 is 9.73 Å². The summed E-state index contributed by atoms with van der Waals surface area (Å²) in [4.78, 5) is 25.8. The highest BCUT2D eigenvalue weighted by molar-refractivity contribution is 6.10.